The van der Waals surface area contributed by atoms with E-state index in [1.165, 1.54) is 32.1 Å². The molecule has 1 aliphatic carbocycles. The van der Waals surface area contributed by atoms with Crippen LogP contribution >= 0.6 is 0 Å². The Hall–Kier alpha value is -0.0800. The molecule has 16 heavy (non-hydrogen) atoms. The molecule has 1 fully saturated rings. The number of hydrogen-bond acceptors (Lipinski definition) is 2. The molecule has 2 heteroatoms. The van der Waals surface area contributed by atoms with E-state index in [1.807, 2.05) is 0 Å². The second-order valence-corrected chi connectivity index (χ2v) is 5.37. The second-order valence-electron chi connectivity index (χ2n) is 5.37. The van der Waals surface area contributed by atoms with Crippen molar-refractivity contribution in [2.24, 2.45) is 17.6 Å². The number of nitrogens with two attached hydrogens (primary N) is 1. The lowest BCUT2D eigenvalue weighted by Gasteiger charge is -2.32. The fourth-order valence-electron chi connectivity index (χ4n) is 2.56. The zero-order valence-electron chi connectivity index (χ0n) is 11.2. The van der Waals surface area contributed by atoms with Gasteiger partial charge in [0.1, 0.15) is 0 Å². The SMILES string of the molecule is CCC(C)C(N)COC1CCCCC1CC. The average molecular weight is 227 g/mol. The van der Waals surface area contributed by atoms with Gasteiger partial charge in [0.2, 0.25) is 0 Å². The van der Waals surface area contributed by atoms with E-state index in [9.17, 15) is 0 Å². The van der Waals surface area contributed by atoms with Crippen molar-refractivity contribution in [1.29, 1.82) is 0 Å². The molecule has 0 heterocycles. The molecule has 4 unspecified atom stereocenters. The fraction of sp³-hybridized carbons (Fsp3) is 1.00. The van der Waals surface area contributed by atoms with Crippen molar-refractivity contribution in [2.45, 2.75) is 71.4 Å². The minimum Gasteiger partial charge on any atom is -0.376 e. The predicted molar refractivity (Wildman–Crippen MR) is 69.4 cm³/mol. The van der Waals surface area contributed by atoms with Crippen molar-refractivity contribution >= 4 is 0 Å². The first-order chi connectivity index (χ1) is 7.69. The highest BCUT2D eigenvalue weighted by Gasteiger charge is 2.25. The zero-order chi connectivity index (χ0) is 12.0. The number of ether oxygens (including phenoxy) is 1. The zero-order valence-corrected chi connectivity index (χ0v) is 11.2. The molecule has 0 radical (unpaired) electrons. The van der Waals surface area contributed by atoms with Crippen LogP contribution in [-0.4, -0.2) is 18.8 Å². The van der Waals surface area contributed by atoms with Gasteiger partial charge in [0.25, 0.3) is 0 Å². The van der Waals surface area contributed by atoms with E-state index in [2.05, 4.69) is 20.8 Å². The normalized spacial score (nSPS) is 30.0. The van der Waals surface area contributed by atoms with Crippen LogP contribution in [0.5, 0.6) is 0 Å². The Morgan fingerprint density at radius 1 is 1.25 bits per heavy atom. The fourth-order valence-corrected chi connectivity index (χ4v) is 2.56. The van der Waals surface area contributed by atoms with E-state index < -0.39 is 0 Å². The minimum atomic E-state index is 0.212. The Labute approximate surface area is 101 Å². The second kappa shape index (κ2) is 7.29. The molecule has 0 aliphatic heterocycles. The highest BCUT2D eigenvalue weighted by atomic mass is 16.5. The molecular formula is C14H29NO. The summed E-state index contributed by atoms with van der Waals surface area (Å²) in [6.07, 6.45) is 8.19. The molecule has 1 saturated carbocycles. The Bertz CT molecular complexity index is 184. The third-order valence-electron chi connectivity index (χ3n) is 4.24. The summed E-state index contributed by atoms with van der Waals surface area (Å²) in [5, 5.41) is 0. The van der Waals surface area contributed by atoms with Gasteiger partial charge in [-0.2, -0.15) is 0 Å². The van der Waals surface area contributed by atoms with Crippen LogP contribution in [0.4, 0.5) is 0 Å². The van der Waals surface area contributed by atoms with Gasteiger partial charge in [-0.1, -0.05) is 46.5 Å². The van der Waals surface area contributed by atoms with Crippen molar-refractivity contribution in [2.75, 3.05) is 6.61 Å². The summed E-state index contributed by atoms with van der Waals surface area (Å²) >= 11 is 0. The van der Waals surface area contributed by atoms with Gasteiger partial charge >= 0.3 is 0 Å². The van der Waals surface area contributed by atoms with Crippen LogP contribution in [0.25, 0.3) is 0 Å². The first-order valence-electron chi connectivity index (χ1n) is 7.06. The number of rotatable bonds is 6. The first kappa shape index (κ1) is 14.0. The minimum absolute atomic E-state index is 0.212. The molecule has 96 valence electrons. The van der Waals surface area contributed by atoms with E-state index >= 15 is 0 Å². The lowest BCUT2D eigenvalue weighted by Crippen LogP contribution is -2.37. The molecule has 0 aromatic heterocycles. The summed E-state index contributed by atoms with van der Waals surface area (Å²) in [5.41, 5.74) is 6.11. The maximum absolute atomic E-state index is 6.11. The van der Waals surface area contributed by atoms with E-state index in [4.69, 9.17) is 10.5 Å². The van der Waals surface area contributed by atoms with Crippen molar-refractivity contribution in [3.05, 3.63) is 0 Å². The van der Waals surface area contributed by atoms with E-state index in [0.717, 1.165) is 18.9 Å². The van der Waals surface area contributed by atoms with Crippen LogP contribution in [0.15, 0.2) is 0 Å². The molecule has 0 aromatic rings. The predicted octanol–water partition coefficient (Wildman–Crippen LogP) is 3.35. The molecule has 1 rings (SSSR count). The Kier molecular flexibility index (Phi) is 6.37. The van der Waals surface area contributed by atoms with Crippen molar-refractivity contribution in [1.82, 2.24) is 0 Å². The number of hydrogen-bond donors (Lipinski definition) is 1. The summed E-state index contributed by atoms with van der Waals surface area (Å²) < 4.78 is 6.05. The van der Waals surface area contributed by atoms with Crippen LogP contribution in [0.1, 0.15) is 59.3 Å². The molecule has 2 nitrogen and oxygen atoms in total. The highest BCUT2D eigenvalue weighted by molar-refractivity contribution is 4.76. The lowest BCUT2D eigenvalue weighted by atomic mass is 9.84. The Morgan fingerprint density at radius 3 is 2.56 bits per heavy atom. The summed E-state index contributed by atoms with van der Waals surface area (Å²) in [5.74, 6) is 1.35. The van der Waals surface area contributed by atoms with Gasteiger partial charge < -0.3 is 10.5 Å². The van der Waals surface area contributed by atoms with Crippen LogP contribution < -0.4 is 5.73 Å². The average Bonchev–Trinajstić information content (AvgIpc) is 2.35. The third-order valence-corrected chi connectivity index (χ3v) is 4.24. The molecule has 0 spiro atoms. The first-order valence-corrected chi connectivity index (χ1v) is 7.06. The van der Waals surface area contributed by atoms with E-state index in [-0.39, 0.29) is 6.04 Å². The maximum Gasteiger partial charge on any atom is 0.0624 e. The van der Waals surface area contributed by atoms with Gasteiger partial charge in [0.05, 0.1) is 12.7 Å². The highest BCUT2D eigenvalue weighted by Crippen LogP contribution is 2.29. The molecule has 4 atom stereocenters. The van der Waals surface area contributed by atoms with Gasteiger partial charge in [-0.05, 0) is 24.7 Å². The maximum atomic E-state index is 6.11. The lowest BCUT2D eigenvalue weighted by molar-refractivity contribution is -0.0226. The molecule has 2 N–H and O–H groups in total. The van der Waals surface area contributed by atoms with Gasteiger partial charge in [-0.3, -0.25) is 0 Å². The Morgan fingerprint density at radius 2 is 1.94 bits per heavy atom. The van der Waals surface area contributed by atoms with Gasteiger partial charge in [0.15, 0.2) is 0 Å². The van der Waals surface area contributed by atoms with Crippen molar-refractivity contribution < 1.29 is 4.74 Å². The standard InChI is InChI=1S/C14H29NO/c1-4-11(3)13(15)10-16-14-9-7-6-8-12(14)5-2/h11-14H,4-10,15H2,1-3H3. The molecule has 0 aromatic carbocycles. The monoisotopic (exact) mass is 227 g/mol. The molecular weight excluding hydrogens is 198 g/mol. The van der Waals surface area contributed by atoms with Gasteiger partial charge in [-0.15, -0.1) is 0 Å². The van der Waals surface area contributed by atoms with Gasteiger partial charge in [-0.25, -0.2) is 0 Å². The van der Waals surface area contributed by atoms with Crippen LogP contribution in [0.3, 0.4) is 0 Å². The van der Waals surface area contributed by atoms with E-state index in [1.54, 1.807) is 0 Å². The van der Waals surface area contributed by atoms with Gasteiger partial charge in [0, 0.05) is 6.04 Å². The van der Waals surface area contributed by atoms with Crippen LogP contribution in [0, 0.1) is 11.8 Å². The quantitative estimate of drug-likeness (QED) is 0.755. The third kappa shape index (κ3) is 4.06. The van der Waals surface area contributed by atoms with E-state index in [0.29, 0.717) is 12.0 Å². The van der Waals surface area contributed by atoms with Crippen molar-refractivity contribution in [3.63, 3.8) is 0 Å². The molecule has 0 bridgehead atoms. The largest absolute Gasteiger partial charge is 0.376 e. The van der Waals surface area contributed by atoms with Crippen LogP contribution in [0.2, 0.25) is 0 Å². The Balaban J connectivity index is 2.29. The molecule has 0 amide bonds. The summed E-state index contributed by atoms with van der Waals surface area (Å²) in [4.78, 5) is 0. The summed E-state index contributed by atoms with van der Waals surface area (Å²) in [7, 11) is 0. The topological polar surface area (TPSA) is 35.2 Å². The van der Waals surface area contributed by atoms with Crippen LogP contribution in [-0.2, 0) is 4.74 Å². The molecule has 0 saturated heterocycles. The smallest absolute Gasteiger partial charge is 0.0624 e. The summed E-state index contributed by atoms with van der Waals surface area (Å²) in [6, 6.07) is 0.212. The molecule has 1 aliphatic rings. The van der Waals surface area contributed by atoms with Crippen molar-refractivity contribution in [3.8, 4) is 0 Å². The summed E-state index contributed by atoms with van der Waals surface area (Å²) in [6.45, 7) is 7.43.